The predicted octanol–water partition coefficient (Wildman–Crippen LogP) is 2.93. The highest BCUT2D eigenvalue weighted by atomic mass is 79.9. The molecule has 2 aromatic carbocycles. The van der Waals surface area contributed by atoms with Gasteiger partial charge >= 0.3 is 11.7 Å². The van der Waals surface area contributed by atoms with Crippen molar-refractivity contribution in [1.29, 1.82) is 0 Å². The topological polar surface area (TPSA) is 103 Å². The van der Waals surface area contributed by atoms with E-state index in [4.69, 9.17) is 16.3 Å². The van der Waals surface area contributed by atoms with E-state index >= 15 is 0 Å². The summed E-state index contributed by atoms with van der Waals surface area (Å²) >= 11 is 9.57. The second-order valence-electron chi connectivity index (χ2n) is 5.93. The molecule has 0 spiro atoms. The number of halogens is 2. The first kappa shape index (κ1) is 20.8. The van der Waals surface area contributed by atoms with E-state index in [1.165, 1.54) is 26.3 Å². The Hall–Kier alpha value is -2.91. The van der Waals surface area contributed by atoms with E-state index in [9.17, 15) is 14.4 Å². The zero-order chi connectivity index (χ0) is 21.1. The van der Waals surface area contributed by atoms with Crippen LogP contribution in [0.3, 0.4) is 0 Å². The zero-order valence-corrected chi connectivity index (χ0v) is 17.7. The number of aromatic amines is 1. The number of benzene rings is 2. The van der Waals surface area contributed by atoms with Gasteiger partial charge in [-0.15, -0.1) is 4.68 Å². The van der Waals surface area contributed by atoms with Gasteiger partial charge in [0, 0.05) is 0 Å². The fourth-order valence-corrected chi connectivity index (χ4v) is 3.50. The number of methoxy groups -OCH3 is 1. The van der Waals surface area contributed by atoms with Gasteiger partial charge in [0.05, 0.1) is 33.7 Å². The molecule has 0 bridgehead atoms. The Labute approximate surface area is 177 Å². The van der Waals surface area contributed by atoms with Crippen LogP contribution >= 0.6 is 27.5 Å². The lowest BCUT2D eigenvalue weighted by atomic mass is 10.2. The third kappa shape index (κ3) is 4.41. The molecule has 0 unspecified atom stereocenters. The maximum absolute atomic E-state index is 12.5. The summed E-state index contributed by atoms with van der Waals surface area (Å²) in [6, 6.07) is 9.79. The van der Waals surface area contributed by atoms with Gasteiger partial charge in [-0.2, -0.15) is 5.10 Å². The molecule has 1 heterocycles. The highest BCUT2D eigenvalue weighted by Crippen LogP contribution is 2.35. The zero-order valence-electron chi connectivity index (χ0n) is 15.3. The Morgan fingerprint density at radius 1 is 1.31 bits per heavy atom. The highest BCUT2D eigenvalue weighted by Gasteiger charge is 2.19. The Morgan fingerprint density at radius 3 is 2.72 bits per heavy atom. The number of carbonyl (C=O) groups excluding carboxylic acids is 1. The molecule has 0 saturated heterocycles. The number of hydrogen-bond acceptors (Lipinski definition) is 6. The van der Waals surface area contributed by atoms with Crippen LogP contribution < -0.4 is 16.0 Å². The Balaban J connectivity index is 1.94. The van der Waals surface area contributed by atoms with Crippen LogP contribution in [0.2, 0.25) is 5.02 Å². The molecule has 29 heavy (non-hydrogen) atoms. The smallest absolute Gasteiger partial charge is 0.349 e. The fourth-order valence-electron chi connectivity index (χ4n) is 2.54. The first-order valence-electron chi connectivity index (χ1n) is 8.33. The molecule has 1 atom stereocenters. The maximum Gasteiger partial charge on any atom is 0.349 e. The van der Waals surface area contributed by atoms with Gasteiger partial charge in [-0.25, -0.2) is 9.59 Å². The van der Waals surface area contributed by atoms with Gasteiger partial charge in [0.1, 0.15) is 0 Å². The Kier molecular flexibility index (Phi) is 6.19. The second kappa shape index (κ2) is 8.62. The average Bonchev–Trinajstić information content (AvgIpc) is 2.69. The van der Waals surface area contributed by atoms with Gasteiger partial charge in [0.2, 0.25) is 0 Å². The average molecular weight is 481 g/mol. The summed E-state index contributed by atoms with van der Waals surface area (Å²) in [5, 5.41) is 4.52. The molecule has 1 N–H and O–H groups in total. The lowest BCUT2D eigenvalue weighted by Gasteiger charge is -2.15. The molecule has 0 radical (unpaired) electrons. The standard InChI is InChI=1S/C19H15BrClN3O5/c1-10(18(26)28-2)29-16-13(20)7-11(8-14(16)21)9-22-24-17(25)12-5-3-4-6-15(12)23-19(24)27/h3-10H,1-2H3,(H,23,27)/t10-/m1/s1. The quantitative estimate of drug-likeness (QED) is 0.447. The number of para-hydroxylation sites is 1. The molecule has 1 aromatic heterocycles. The van der Waals surface area contributed by atoms with E-state index < -0.39 is 23.3 Å². The SMILES string of the molecule is COC(=O)[C@@H](C)Oc1c(Cl)cc(C=Nn2c(=O)[nH]c3ccccc3c2=O)cc1Br. The molecule has 3 rings (SSSR count). The van der Waals surface area contributed by atoms with Crippen LogP contribution in [-0.4, -0.2) is 35.1 Å². The lowest BCUT2D eigenvalue weighted by molar-refractivity contribution is -0.147. The summed E-state index contributed by atoms with van der Waals surface area (Å²) < 4.78 is 11.3. The normalized spacial score (nSPS) is 12.3. The van der Waals surface area contributed by atoms with Gasteiger partial charge in [0.25, 0.3) is 5.56 Å². The first-order chi connectivity index (χ1) is 13.8. The number of esters is 1. The predicted molar refractivity (Wildman–Crippen MR) is 113 cm³/mol. The molecule has 0 aliphatic carbocycles. The van der Waals surface area contributed by atoms with Crippen LogP contribution in [0.25, 0.3) is 10.9 Å². The summed E-state index contributed by atoms with van der Waals surface area (Å²) in [5.41, 5.74) is -0.278. The molecule has 3 aromatic rings. The molecule has 0 fully saturated rings. The third-order valence-electron chi connectivity index (χ3n) is 3.95. The van der Waals surface area contributed by atoms with Crippen molar-refractivity contribution in [3.63, 3.8) is 0 Å². The molecular formula is C19H15BrClN3O5. The van der Waals surface area contributed by atoms with Crippen LogP contribution in [0.4, 0.5) is 0 Å². The number of aromatic nitrogens is 2. The first-order valence-corrected chi connectivity index (χ1v) is 9.51. The molecule has 0 saturated carbocycles. The van der Waals surface area contributed by atoms with Gasteiger partial charge in [-0.05, 0) is 52.7 Å². The van der Waals surface area contributed by atoms with E-state index in [1.54, 1.807) is 30.3 Å². The van der Waals surface area contributed by atoms with Gasteiger partial charge in [-0.1, -0.05) is 23.7 Å². The molecule has 8 nitrogen and oxygen atoms in total. The number of carbonyl (C=O) groups is 1. The number of rotatable bonds is 5. The number of hydrogen-bond donors (Lipinski definition) is 1. The van der Waals surface area contributed by atoms with Gasteiger partial charge in [-0.3, -0.25) is 4.79 Å². The summed E-state index contributed by atoms with van der Waals surface area (Å²) in [6.45, 7) is 1.53. The van der Waals surface area contributed by atoms with Crippen molar-refractivity contribution >= 4 is 50.6 Å². The molecule has 0 aliphatic heterocycles. The third-order valence-corrected chi connectivity index (χ3v) is 4.82. The fraction of sp³-hybridized carbons (Fsp3) is 0.158. The van der Waals surface area contributed by atoms with E-state index in [2.05, 4.69) is 30.8 Å². The minimum Gasteiger partial charge on any atom is -0.476 e. The van der Waals surface area contributed by atoms with Crippen LogP contribution in [0.1, 0.15) is 12.5 Å². The number of nitrogens with zero attached hydrogens (tertiary/aromatic N) is 2. The number of ether oxygens (including phenoxy) is 2. The minimum atomic E-state index is -0.858. The number of nitrogens with one attached hydrogen (secondary N) is 1. The van der Waals surface area contributed by atoms with Crippen molar-refractivity contribution < 1.29 is 14.3 Å². The molecule has 0 aliphatic rings. The highest BCUT2D eigenvalue weighted by molar-refractivity contribution is 9.10. The summed E-state index contributed by atoms with van der Waals surface area (Å²) in [4.78, 5) is 38.8. The van der Waals surface area contributed by atoms with E-state index in [0.717, 1.165) is 4.68 Å². The summed E-state index contributed by atoms with van der Waals surface area (Å²) in [5.74, 6) is -0.295. The van der Waals surface area contributed by atoms with Crippen LogP contribution in [0.15, 0.2) is 55.6 Å². The monoisotopic (exact) mass is 479 g/mol. The van der Waals surface area contributed by atoms with E-state index in [-0.39, 0.29) is 10.8 Å². The number of H-pyrrole nitrogens is 1. The van der Waals surface area contributed by atoms with Crippen molar-refractivity contribution in [2.75, 3.05) is 7.11 Å². The Bertz CT molecular complexity index is 1210. The number of fused-ring (bicyclic) bond motifs is 1. The van der Waals surface area contributed by atoms with Crippen molar-refractivity contribution in [3.05, 3.63) is 72.3 Å². The largest absolute Gasteiger partial charge is 0.476 e. The second-order valence-corrected chi connectivity index (χ2v) is 7.20. The minimum absolute atomic E-state index is 0.205. The summed E-state index contributed by atoms with van der Waals surface area (Å²) in [7, 11) is 1.26. The Morgan fingerprint density at radius 2 is 2.03 bits per heavy atom. The van der Waals surface area contributed by atoms with E-state index in [1.807, 2.05) is 0 Å². The van der Waals surface area contributed by atoms with Gasteiger partial charge < -0.3 is 14.5 Å². The molecule has 10 heteroatoms. The van der Waals surface area contributed by atoms with Gasteiger partial charge in [0.15, 0.2) is 11.9 Å². The van der Waals surface area contributed by atoms with Crippen LogP contribution in [0, 0.1) is 0 Å². The molecular weight excluding hydrogens is 466 g/mol. The van der Waals surface area contributed by atoms with Crippen molar-refractivity contribution in [2.45, 2.75) is 13.0 Å². The van der Waals surface area contributed by atoms with Crippen molar-refractivity contribution in [2.24, 2.45) is 5.10 Å². The van der Waals surface area contributed by atoms with Crippen LogP contribution in [-0.2, 0) is 9.53 Å². The van der Waals surface area contributed by atoms with Crippen molar-refractivity contribution in [3.8, 4) is 5.75 Å². The van der Waals surface area contributed by atoms with Crippen LogP contribution in [0.5, 0.6) is 5.75 Å². The lowest BCUT2D eigenvalue weighted by Crippen LogP contribution is -2.32. The molecule has 0 amide bonds. The maximum atomic E-state index is 12.5. The van der Waals surface area contributed by atoms with E-state index in [0.29, 0.717) is 20.9 Å². The summed E-state index contributed by atoms with van der Waals surface area (Å²) in [6.07, 6.45) is 0.457. The van der Waals surface area contributed by atoms with Crippen molar-refractivity contribution in [1.82, 2.24) is 9.66 Å². The molecule has 150 valence electrons.